The number of allylic oxidation sites excluding steroid dienone is 2. The summed E-state index contributed by atoms with van der Waals surface area (Å²) in [4.78, 5) is 0. The molecule has 0 aromatic carbocycles. The normalized spacial score (nSPS) is 19.6. The van der Waals surface area contributed by atoms with Crippen molar-refractivity contribution in [1.82, 2.24) is 0 Å². The van der Waals surface area contributed by atoms with Crippen LogP contribution in [0.5, 0.6) is 0 Å². The summed E-state index contributed by atoms with van der Waals surface area (Å²) in [5.74, 6) is 1.96. The van der Waals surface area contributed by atoms with Crippen LogP contribution in [0.15, 0.2) is 11.8 Å². The van der Waals surface area contributed by atoms with Crippen molar-refractivity contribution < 1.29 is 4.74 Å². The summed E-state index contributed by atoms with van der Waals surface area (Å²) in [5.41, 5.74) is 0. The van der Waals surface area contributed by atoms with Crippen LogP contribution < -0.4 is 0 Å². The molecule has 0 amide bonds. The lowest BCUT2D eigenvalue weighted by Crippen LogP contribution is -2.16. The van der Waals surface area contributed by atoms with Crippen LogP contribution in [0.2, 0.25) is 0 Å². The molecular weight excluding hydrogens is 184 g/mol. The average molecular weight is 210 g/mol. The molecule has 0 aromatic rings. The van der Waals surface area contributed by atoms with E-state index in [0.717, 1.165) is 18.8 Å². The van der Waals surface area contributed by atoms with E-state index in [4.69, 9.17) is 4.74 Å². The summed E-state index contributed by atoms with van der Waals surface area (Å²) < 4.78 is 6.05. The third kappa shape index (κ3) is 5.25. The standard InChI is InChI=1S/C14H26O/c1-4-13(11-10-12(2)3)15-14-8-6-5-7-9-14/h11-12,14H,4-10H2,1-3H3/b13-11-. The summed E-state index contributed by atoms with van der Waals surface area (Å²) >= 11 is 0. The van der Waals surface area contributed by atoms with Crippen LogP contribution in [0.25, 0.3) is 0 Å². The van der Waals surface area contributed by atoms with Crippen molar-refractivity contribution in [1.29, 1.82) is 0 Å². The predicted molar refractivity (Wildman–Crippen MR) is 65.8 cm³/mol. The molecule has 0 unspecified atom stereocenters. The zero-order chi connectivity index (χ0) is 11.1. The maximum absolute atomic E-state index is 6.05. The molecule has 0 radical (unpaired) electrons. The summed E-state index contributed by atoms with van der Waals surface area (Å²) in [6.07, 6.45) is 11.6. The third-order valence-corrected chi connectivity index (χ3v) is 3.04. The molecule has 88 valence electrons. The molecule has 1 heteroatoms. The second-order valence-corrected chi connectivity index (χ2v) is 5.03. The second kappa shape index (κ2) is 6.92. The summed E-state index contributed by atoms with van der Waals surface area (Å²) in [6.45, 7) is 6.70. The Morgan fingerprint density at radius 2 is 1.93 bits per heavy atom. The van der Waals surface area contributed by atoms with Crippen molar-refractivity contribution in [2.24, 2.45) is 5.92 Å². The van der Waals surface area contributed by atoms with Gasteiger partial charge in [0.05, 0.1) is 11.9 Å². The Bertz CT molecular complexity index is 188. The van der Waals surface area contributed by atoms with E-state index in [-0.39, 0.29) is 0 Å². The van der Waals surface area contributed by atoms with E-state index in [1.54, 1.807) is 0 Å². The largest absolute Gasteiger partial charge is 0.495 e. The molecule has 1 saturated carbocycles. The summed E-state index contributed by atoms with van der Waals surface area (Å²) in [7, 11) is 0. The highest BCUT2D eigenvalue weighted by Gasteiger charge is 2.15. The molecule has 1 aliphatic rings. The average Bonchev–Trinajstić information content (AvgIpc) is 2.25. The first-order valence-corrected chi connectivity index (χ1v) is 6.58. The molecule has 0 atom stereocenters. The van der Waals surface area contributed by atoms with Gasteiger partial charge in [-0.3, -0.25) is 0 Å². The SMILES string of the molecule is CC/C(=C/CC(C)C)OC1CCCCC1. The third-order valence-electron chi connectivity index (χ3n) is 3.04. The van der Waals surface area contributed by atoms with Crippen molar-refractivity contribution in [2.45, 2.75) is 71.8 Å². The van der Waals surface area contributed by atoms with Crippen LogP contribution in [0.1, 0.15) is 65.7 Å². The predicted octanol–water partition coefficient (Wildman–Crippen LogP) is 4.68. The zero-order valence-corrected chi connectivity index (χ0v) is 10.6. The minimum absolute atomic E-state index is 0.511. The van der Waals surface area contributed by atoms with Gasteiger partial charge in [-0.25, -0.2) is 0 Å². The highest BCUT2D eigenvalue weighted by atomic mass is 16.5. The number of hydrogen-bond acceptors (Lipinski definition) is 1. The lowest BCUT2D eigenvalue weighted by molar-refractivity contribution is 0.0773. The number of ether oxygens (including phenoxy) is 1. The topological polar surface area (TPSA) is 9.23 Å². The van der Waals surface area contributed by atoms with Crippen LogP contribution >= 0.6 is 0 Å². The lowest BCUT2D eigenvalue weighted by Gasteiger charge is -2.24. The first-order chi connectivity index (χ1) is 7.22. The van der Waals surface area contributed by atoms with Crippen LogP contribution in [-0.2, 0) is 4.74 Å². The van der Waals surface area contributed by atoms with E-state index in [1.165, 1.54) is 37.9 Å². The van der Waals surface area contributed by atoms with E-state index in [9.17, 15) is 0 Å². The molecule has 1 rings (SSSR count). The monoisotopic (exact) mass is 210 g/mol. The van der Waals surface area contributed by atoms with E-state index >= 15 is 0 Å². The molecule has 0 N–H and O–H groups in total. The fourth-order valence-corrected chi connectivity index (χ4v) is 2.04. The number of hydrogen-bond donors (Lipinski definition) is 0. The van der Waals surface area contributed by atoms with Gasteiger partial charge < -0.3 is 4.74 Å². The summed E-state index contributed by atoms with van der Waals surface area (Å²) in [6, 6.07) is 0. The van der Waals surface area contributed by atoms with Gasteiger partial charge in [0, 0.05) is 6.42 Å². The molecule has 0 saturated heterocycles. The molecule has 1 fully saturated rings. The molecule has 0 aromatic heterocycles. The Morgan fingerprint density at radius 3 is 2.47 bits per heavy atom. The molecule has 0 heterocycles. The van der Waals surface area contributed by atoms with Crippen molar-refractivity contribution in [3.8, 4) is 0 Å². The zero-order valence-electron chi connectivity index (χ0n) is 10.6. The molecule has 15 heavy (non-hydrogen) atoms. The molecule has 0 bridgehead atoms. The Labute approximate surface area is 94.9 Å². The van der Waals surface area contributed by atoms with Crippen LogP contribution in [0, 0.1) is 5.92 Å². The fraction of sp³-hybridized carbons (Fsp3) is 0.857. The Hall–Kier alpha value is -0.460. The maximum atomic E-state index is 6.05. The molecule has 1 nitrogen and oxygen atoms in total. The van der Waals surface area contributed by atoms with Crippen LogP contribution in [0.4, 0.5) is 0 Å². The molecular formula is C14H26O. The van der Waals surface area contributed by atoms with Gasteiger partial charge in [-0.2, -0.15) is 0 Å². The van der Waals surface area contributed by atoms with E-state index in [1.807, 2.05) is 0 Å². The quantitative estimate of drug-likeness (QED) is 0.599. The van der Waals surface area contributed by atoms with Gasteiger partial charge in [-0.05, 0) is 44.1 Å². The van der Waals surface area contributed by atoms with Crippen molar-refractivity contribution in [3.63, 3.8) is 0 Å². The Kier molecular flexibility index (Phi) is 5.82. The van der Waals surface area contributed by atoms with Gasteiger partial charge >= 0.3 is 0 Å². The van der Waals surface area contributed by atoms with Gasteiger partial charge in [0.1, 0.15) is 0 Å². The van der Waals surface area contributed by atoms with Crippen molar-refractivity contribution >= 4 is 0 Å². The van der Waals surface area contributed by atoms with E-state index in [0.29, 0.717) is 6.10 Å². The van der Waals surface area contributed by atoms with Gasteiger partial charge in [0.15, 0.2) is 0 Å². The minimum Gasteiger partial charge on any atom is -0.495 e. The fourth-order valence-electron chi connectivity index (χ4n) is 2.04. The smallest absolute Gasteiger partial charge is 0.0982 e. The molecule has 1 aliphatic carbocycles. The van der Waals surface area contributed by atoms with E-state index < -0.39 is 0 Å². The van der Waals surface area contributed by atoms with Crippen LogP contribution in [-0.4, -0.2) is 6.10 Å². The van der Waals surface area contributed by atoms with Crippen LogP contribution in [0.3, 0.4) is 0 Å². The van der Waals surface area contributed by atoms with Crippen molar-refractivity contribution in [2.75, 3.05) is 0 Å². The lowest BCUT2D eigenvalue weighted by atomic mass is 9.97. The first-order valence-electron chi connectivity index (χ1n) is 6.58. The molecule has 0 spiro atoms. The second-order valence-electron chi connectivity index (χ2n) is 5.03. The van der Waals surface area contributed by atoms with Gasteiger partial charge in [-0.15, -0.1) is 0 Å². The minimum atomic E-state index is 0.511. The first kappa shape index (κ1) is 12.6. The Balaban J connectivity index is 2.34. The van der Waals surface area contributed by atoms with Gasteiger partial charge in [-0.1, -0.05) is 27.2 Å². The summed E-state index contributed by atoms with van der Waals surface area (Å²) in [5, 5.41) is 0. The van der Waals surface area contributed by atoms with E-state index in [2.05, 4.69) is 26.8 Å². The highest BCUT2D eigenvalue weighted by molar-refractivity contribution is 4.93. The highest BCUT2D eigenvalue weighted by Crippen LogP contribution is 2.23. The molecule has 0 aliphatic heterocycles. The Morgan fingerprint density at radius 1 is 1.27 bits per heavy atom. The van der Waals surface area contributed by atoms with Gasteiger partial charge in [0.25, 0.3) is 0 Å². The maximum Gasteiger partial charge on any atom is 0.0982 e. The van der Waals surface area contributed by atoms with Crippen molar-refractivity contribution in [3.05, 3.63) is 11.8 Å². The number of rotatable bonds is 5. The van der Waals surface area contributed by atoms with Gasteiger partial charge in [0.2, 0.25) is 0 Å².